The van der Waals surface area contributed by atoms with Gasteiger partial charge in [0.05, 0.1) is 5.41 Å². The van der Waals surface area contributed by atoms with Crippen LogP contribution in [0.1, 0.15) is 36.0 Å². The molecule has 0 bridgehead atoms. The van der Waals surface area contributed by atoms with Crippen LogP contribution in [0.2, 0.25) is 0 Å². The Kier molecular flexibility index (Phi) is 4.79. The number of alkyl halides is 3. The molecule has 1 aliphatic carbocycles. The standard InChI is InChI=1S/C22H22F4N2O/c1-14-10-16-13-28(18-4-2-17(23)3-5-18)9-6-15(16)11-19(14)27-20(29)12-21(7-8-21)22(24,25)26/h2-5,10-11H,6-9,12-13H2,1H3,(H,27,29). The van der Waals surface area contributed by atoms with E-state index in [1.54, 1.807) is 12.1 Å². The molecule has 0 spiro atoms. The van der Waals surface area contributed by atoms with Gasteiger partial charge in [-0.3, -0.25) is 4.79 Å². The molecule has 1 N–H and O–H groups in total. The smallest absolute Gasteiger partial charge is 0.367 e. The molecule has 1 aliphatic heterocycles. The number of amides is 1. The maximum Gasteiger partial charge on any atom is 0.395 e. The number of nitrogens with one attached hydrogen (secondary N) is 1. The summed E-state index contributed by atoms with van der Waals surface area (Å²) in [6.45, 7) is 3.24. The molecular formula is C22H22F4N2O. The molecule has 1 saturated carbocycles. The summed E-state index contributed by atoms with van der Waals surface area (Å²) < 4.78 is 52.4. The molecule has 2 aliphatic rings. The quantitative estimate of drug-likeness (QED) is 0.693. The lowest BCUT2D eigenvalue weighted by Crippen LogP contribution is -2.31. The van der Waals surface area contributed by atoms with Crippen LogP contribution in [0.25, 0.3) is 0 Å². The van der Waals surface area contributed by atoms with Crippen LogP contribution < -0.4 is 10.2 Å². The first kappa shape index (κ1) is 19.7. The molecule has 2 aromatic rings. The van der Waals surface area contributed by atoms with Crippen LogP contribution in [0.4, 0.5) is 28.9 Å². The van der Waals surface area contributed by atoms with Crippen molar-refractivity contribution in [2.45, 2.75) is 45.3 Å². The third kappa shape index (κ3) is 3.95. The van der Waals surface area contributed by atoms with Crippen molar-refractivity contribution in [3.8, 4) is 0 Å². The van der Waals surface area contributed by atoms with E-state index in [0.29, 0.717) is 12.2 Å². The molecule has 7 heteroatoms. The van der Waals surface area contributed by atoms with Gasteiger partial charge in [0, 0.05) is 30.9 Å². The summed E-state index contributed by atoms with van der Waals surface area (Å²) in [5.41, 5.74) is 2.66. The molecule has 0 saturated heterocycles. The lowest BCUT2D eigenvalue weighted by Gasteiger charge is -2.31. The number of halogens is 4. The minimum absolute atomic E-state index is 0.0201. The first-order valence-corrected chi connectivity index (χ1v) is 9.66. The number of hydrogen-bond acceptors (Lipinski definition) is 2. The number of hydrogen-bond donors (Lipinski definition) is 1. The van der Waals surface area contributed by atoms with Crippen molar-refractivity contribution in [2.75, 3.05) is 16.8 Å². The van der Waals surface area contributed by atoms with Crippen molar-refractivity contribution in [3.05, 3.63) is 58.9 Å². The largest absolute Gasteiger partial charge is 0.395 e. The van der Waals surface area contributed by atoms with Gasteiger partial charge < -0.3 is 10.2 Å². The lowest BCUT2D eigenvalue weighted by molar-refractivity contribution is -0.189. The summed E-state index contributed by atoms with van der Waals surface area (Å²) in [6, 6.07) is 10.2. The zero-order valence-electron chi connectivity index (χ0n) is 16.1. The van der Waals surface area contributed by atoms with Crippen molar-refractivity contribution in [3.63, 3.8) is 0 Å². The molecular weight excluding hydrogens is 384 g/mol. The second-order valence-corrected chi connectivity index (χ2v) is 8.09. The molecule has 154 valence electrons. The topological polar surface area (TPSA) is 32.3 Å². The molecule has 0 unspecified atom stereocenters. The van der Waals surface area contributed by atoms with Crippen LogP contribution in [0.15, 0.2) is 36.4 Å². The number of aryl methyl sites for hydroxylation is 1. The summed E-state index contributed by atoms with van der Waals surface area (Å²) >= 11 is 0. The summed E-state index contributed by atoms with van der Waals surface area (Å²) in [4.78, 5) is 14.4. The highest BCUT2D eigenvalue weighted by molar-refractivity contribution is 5.92. The molecule has 2 aromatic carbocycles. The Labute approximate surface area is 166 Å². The molecule has 1 heterocycles. The predicted molar refractivity (Wildman–Crippen MR) is 103 cm³/mol. The second-order valence-electron chi connectivity index (χ2n) is 8.09. The van der Waals surface area contributed by atoms with Gasteiger partial charge in [-0.1, -0.05) is 6.07 Å². The number of fused-ring (bicyclic) bond motifs is 1. The van der Waals surface area contributed by atoms with Gasteiger partial charge in [-0.05, 0) is 73.2 Å². The maximum absolute atomic E-state index is 13.2. The van der Waals surface area contributed by atoms with Crippen molar-refractivity contribution >= 4 is 17.3 Å². The molecule has 1 amide bonds. The van der Waals surface area contributed by atoms with Crippen molar-refractivity contribution < 1.29 is 22.4 Å². The van der Waals surface area contributed by atoms with E-state index in [0.717, 1.165) is 35.3 Å². The fourth-order valence-corrected chi connectivity index (χ4v) is 3.95. The first-order chi connectivity index (χ1) is 13.7. The number of carbonyl (C=O) groups excluding carboxylic acids is 1. The third-order valence-electron chi connectivity index (χ3n) is 5.98. The average Bonchev–Trinajstić information content (AvgIpc) is 3.43. The van der Waals surface area contributed by atoms with E-state index in [9.17, 15) is 22.4 Å². The highest BCUT2D eigenvalue weighted by atomic mass is 19.4. The number of carbonyl (C=O) groups is 1. The van der Waals surface area contributed by atoms with E-state index in [1.807, 2.05) is 19.1 Å². The number of nitrogens with zero attached hydrogens (tertiary/aromatic N) is 1. The molecule has 0 aromatic heterocycles. The Hall–Kier alpha value is -2.57. The predicted octanol–water partition coefficient (Wildman–Crippen LogP) is 5.37. The average molecular weight is 406 g/mol. The Bertz CT molecular complexity index is 933. The summed E-state index contributed by atoms with van der Waals surface area (Å²) in [5, 5.41) is 2.68. The molecule has 0 atom stereocenters. The van der Waals surface area contributed by atoms with Crippen molar-refractivity contribution in [2.24, 2.45) is 5.41 Å². The first-order valence-electron chi connectivity index (χ1n) is 9.66. The van der Waals surface area contributed by atoms with Gasteiger partial charge in [0.2, 0.25) is 5.91 Å². The van der Waals surface area contributed by atoms with Crippen LogP contribution in [-0.2, 0) is 17.8 Å². The van der Waals surface area contributed by atoms with Crippen LogP contribution in [0.5, 0.6) is 0 Å². The van der Waals surface area contributed by atoms with Crippen molar-refractivity contribution in [1.29, 1.82) is 0 Å². The molecule has 0 radical (unpaired) electrons. The Morgan fingerprint density at radius 3 is 2.45 bits per heavy atom. The zero-order valence-corrected chi connectivity index (χ0v) is 16.1. The molecule has 4 rings (SSSR count). The van der Waals surface area contributed by atoms with Gasteiger partial charge in [-0.2, -0.15) is 13.2 Å². The Morgan fingerprint density at radius 1 is 1.14 bits per heavy atom. The SMILES string of the molecule is Cc1cc2c(cc1NC(=O)CC1(C(F)(F)F)CC1)CCN(c1ccc(F)cc1)C2. The van der Waals surface area contributed by atoms with Crippen LogP contribution in [0.3, 0.4) is 0 Å². The summed E-state index contributed by atoms with van der Waals surface area (Å²) in [6.07, 6.45) is -4.08. The monoisotopic (exact) mass is 406 g/mol. The van der Waals surface area contributed by atoms with E-state index in [2.05, 4.69) is 10.2 Å². The summed E-state index contributed by atoms with van der Waals surface area (Å²) in [5.74, 6) is -0.868. The van der Waals surface area contributed by atoms with Gasteiger partial charge >= 0.3 is 6.18 Å². The molecule has 29 heavy (non-hydrogen) atoms. The normalized spacial score (nSPS) is 17.6. The number of anilines is 2. The minimum atomic E-state index is -4.33. The lowest BCUT2D eigenvalue weighted by atomic mass is 9.95. The van der Waals surface area contributed by atoms with Crippen LogP contribution >= 0.6 is 0 Å². The van der Waals surface area contributed by atoms with Gasteiger partial charge in [-0.15, -0.1) is 0 Å². The highest BCUT2D eigenvalue weighted by Gasteiger charge is 2.63. The van der Waals surface area contributed by atoms with E-state index >= 15 is 0 Å². The number of benzene rings is 2. The van der Waals surface area contributed by atoms with Gasteiger partial charge in [-0.25, -0.2) is 4.39 Å². The molecule has 1 fully saturated rings. The highest BCUT2D eigenvalue weighted by Crippen LogP contribution is 2.60. The fraction of sp³-hybridized carbons (Fsp3) is 0.409. The molecule has 3 nitrogen and oxygen atoms in total. The van der Waals surface area contributed by atoms with Gasteiger partial charge in [0.1, 0.15) is 5.82 Å². The minimum Gasteiger partial charge on any atom is -0.367 e. The third-order valence-corrected chi connectivity index (χ3v) is 5.98. The van der Waals surface area contributed by atoms with Crippen molar-refractivity contribution in [1.82, 2.24) is 0 Å². The van der Waals surface area contributed by atoms with Crippen LogP contribution in [0, 0.1) is 18.2 Å². The van der Waals surface area contributed by atoms with E-state index in [-0.39, 0.29) is 18.7 Å². The number of rotatable bonds is 4. The van der Waals surface area contributed by atoms with E-state index in [1.165, 1.54) is 12.1 Å². The van der Waals surface area contributed by atoms with Gasteiger partial charge in [0.15, 0.2) is 0 Å². The van der Waals surface area contributed by atoms with Crippen LogP contribution in [-0.4, -0.2) is 18.6 Å². The van der Waals surface area contributed by atoms with Gasteiger partial charge in [0.25, 0.3) is 0 Å². The zero-order chi connectivity index (χ0) is 20.8. The Balaban J connectivity index is 1.47. The summed E-state index contributed by atoms with van der Waals surface area (Å²) in [7, 11) is 0. The van der Waals surface area contributed by atoms with E-state index in [4.69, 9.17) is 0 Å². The Morgan fingerprint density at radius 2 is 1.83 bits per heavy atom. The second kappa shape index (κ2) is 7.04. The van der Waals surface area contributed by atoms with E-state index < -0.39 is 23.9 Å². The fourth-order valence-electron chi connectivity index (χ4n) is 3.95. The maximum atomic E-state index is 13.2.